The van der Waals surface area contributed by atoms with Gasteiger partial charge in [0.25, 0.3) is 5.91 Å². The molecule has 0 saturated carbocycles. The van der Waals surface area contributed by atoms with Gasteiger partial charge in [0.05, 0.1) is 13.1 Å². The monoisotopic (exact) mass is 358 g/mol. The lowest BCUT2D eigenvalue weighted by molar-refractivity contribution is -0.132. The molecule has 0 aliphatic rings. The molecular formula is C18H22N4O4. The van der Waals surface area contributed by atoms with Crippen LogP contribution in [0.1, 0.15) is 27.2 Å². The number of amides is 3. The van der Waals surface area contributed by atoms with Gasteiger partial charge in [0.2, 0.25) is 11.8 Å². The minimum Gasteiger partial charge on any atom is -0.360 e. The molecule has 0 spiro atoms. The second-order valence-corrected chi connectivity index (χ2v) is 6.18. The highest BCUT2D eigenvalue weighted by Crippen LogP contribution is 2.09. The van der Waals surface area contributed by atoms with Crippen LogP contribution >= 0.6 is 0 Å². The largest absolute Gasteiger partial charge is 0.360 e. The number of likely N-dealkylation sites (N-methyl/N-ethyl adjacent to an activating group) is 1. The summed E-state index contributed by atoms with van der Waals surface area (Å²) in [6, 6.07) is 7.04. The number of anilines is 1. The number of hydrogen-bond donors (Lipinski definition) is 2. The van der Waals surface area contributed by atoms with Gasteiger partial charge < -0.3 is 20.1 Å². The number of rotatable bonds is 6. The first-order valence-electron chi connectivity index (χ1n) is 8.08. The minimum atomic E-state index is -0.408. The fourth-order valence-electron chi connectivity index (χ4n) is 2.41. The third-order valence-corrected chi connectivity index (χ3v) is 3.59. The van der Waals surface area contributed by atoms with E-state index in [9.17, 15) is 14.4 Å². The molecule has 1 aromatic heterocycles. The zero-order valence-electron chi connectivity index (χ0n) is 15.3. The van der Waals surface area contributed by atoms with Crippen LogP contribution in [0, 0.1) is 20.8 Å². The summed E-state index contributed by atoms with van der Waals surface area (Å²) in [6.45, 7) is 5.15. The van der Waals surface area contributed by atoms with E-state index >= 15 is 0 Å². The Balaban J connectivity index is 1.82. The molecule has 8 heteroatoms. The molecule has 0 saturated heterocycles. The summed E-state index contributed by atoms with van der Waals surface area (Å²) >= 11 is 0. The van der Waals surface area contributed by atoms with E-state index < -0.39 is 5.91 Å². The van der Waals surface area contributed by atoms with Gasteiger partial charge in [0, 0.05) is 18.7 Å². The molecule has 2 N–H and O–H groups in total. The Labute approximate surface area is 151 Å². The lowest BCUT2D eigenvalue weighted by Gasteiger charge is -2.16. The third kappa shape index (κ3) is 5.44. The zero-order chi connectivity index (χ0) is 19.3. The number of nitrogens with zero attached hydrogens (tertiary/aromatic N) is 2. The van der Waals surface area contributed by atoms with Crippen LogP contribution in [0.4, 0.5) is 5.82 Å². The molecule has 2 aromatic rings. The van der Waals surface area contributed by atoms with E-state index in [1.165, 1.54) is 11.9 Å². The SMILES string of the molecule is Cc1cc(C)cc(C(=O)NCC(=O)N(C)CC(=O)Nc2cc(C)on2)c1. The number of carbonyl (C=O) groups excluding carboxylic acids is 3. The van der Waals surface area contributed by atoms with Crippen molar-refractivity contribution in [3.63, 3.8) is 0 Å². The van der Waals surface area contributed by atoms with Crippen LogP contribution in [0.5, 0.6) is 0 Å². The van der Waals surface area contributed by atoms with Crippen molar-refractivity contribution in [1.82, 2.24) is 15.4 Å². The second kappa shape index (κ2) is 8.28. The zero-order valence-corrected chi connectivity index (χ0v) is 15.3. The Kier molecular flexibility index (Phi) is 6.11. The molecule has 2 rings (SSSR count). The van der Waals surface area contributed by atoms with E-state index in [1.54, 1.807) is 25.1 Å². The quantitative estimate of drug-likeness (QED) is 0.813. The van der Waals surface area contributed by atoms with E-state index in [1.807, 2.05) is 19.9 Å². The highest BCUT2D eigenvalue weighted by molar-refractivity contribution is 5.98. The van der Waals surface area contributed by atoms with Crippen LogP contribution in [-0.2, 0) is 9.59 Å². The summed E-state index contributed by atoms with van der Waals surface area (Å²) in [7, 11) is 1.49. The third-order valence-electron chi connectivity index (χ3n) is 3.59. The Morgan fingerprint density at radius 1 is 1.08 bits per heavy atom. The highest BCUT2D eigenvalue weighted by Gasteiger charge is 2.16. The minimum absolute atomic E-state index is 0.163. The molecule has 26 heavy (non-hydrogen) atoms. The predicted octanol–water partition coefficient (Wildman–Crippen LogP) is 1.43. The van der Waals surface area contributed by atoms with Crippen molar-refractivity contribution in [2.45, 2.75) is 20.8 Å². The van der Waals surface area contributed by atoms with Crippen molar-refractivity contribution in [1.29, 1.82) is 0 Å². The van der Waals surface area contributed by atoms with Crippen LogP contribution in [0.2, 0.25) is 0 Å². The molecular weight excluding hydrogens is 336 g/mol. The molecule has 1 heterocycles. The lowest BCUT2D eigenvalue weighted by atomic mass is 10.1. The highest BCUT2D eigenvalue weighted by atomic mass is 16.5. The first-order chi connectivity index (χ1) is 12.2. The van der Waals surface area contributed by atoms with Gasteiger partial charge in [-0.1, -0.05) is 22.3 Å². The molecule has 0 aliphatic heterocycles. The van der Waals surface area contributed by atoms with Gasteiger partial charge in [-0.15, -0.1) is 0 Å². The van der Waals surface area contributed by atoms with Crippen LogP contribution in [0.3, 0.4) is 0 Å². The number of carbonyl (C=O) groups is 3. The molecule has 8 nitrogen and oxygen atoms in total. The maximum Gasteiger partial charge on any atom is 0.251 e. The van der Waals surface area contributed by atoms with Gasteiger partial charge in [-0.3, -0.25) is 14.4 Å². The average Bonchev–Trinajstić information content (AvgIpc) is 2.95. The molecule has 0 bridgehead atoms. The van der Waals surface area contributed by atoms with Crippen molar-refractivity contribution in [3.8, 4) is 0 Å². The Morgan fingerprint density at radius 2 is 1.73 bits per heavy atom. The standard InChI is InChI=1S/C18H22N4O4/c1-11-5-12(2)7-14(6-11)18(25)19-9-17(24)22(4)10-16(23)20-15-8-13(3)26-21-15/h5-8H,9-10H2,1-4H3,(H,19,25)(H,20,21,23). The fraction of sp³-hybridized carbons (Fsp3) is 0.333. The predicted molar refractivity (Wildman–Crippen MR) is 95.8 cm³/mol. The summed E-state index contributed by atoms with van der Waals surface area (Å²) < 4.78 is 4.85. The average molecular weight is 358 g/mol. The molecule has 0 radical (unpaired) electrons. The van der Waals surface area contributed by atoms with Crippen molar-refractivity contribution < 1.29 is 18.9 Å². The second-order valence-electron chi connectivity index (χ2n) is 6.18. The van der Waals surface area contributed by atoms with Crippen LogP contribution in [0.25, 0.3) is 0 Å². The van der Waals surface area contributed by atoms with Crippen molar-refractivity contribution >= 4 is 23.5 Å². The van der Waals surface area contributed by atoms with E-state index in [0.29, 0.717) is 11.3 Å². The fourth-order valence-corrected chi connectivity index (χ4v) is 2.41. The lowest BCUT2D eigenvalue weighted by Crippen LogP contribution is -2.41. The van der Waals surface area contributed by atoms with Gasteiger partial charge in [-0.25, -0.2) is 0 Å². The summed E-state index contributed by atoms with van der Waals surface area (Å²) in [5, 5.41) is 8.75. The Bertz CT molecular complexity index is 808. The van der Waals surface area contributed by atoms with E-state index in [0.717, 1.165) is 11.1 Å². The van der Waals surface area contributed by atoms with Crippen molar-refractivity contribution in [3.05, 3.63) is 46.7 Å². The van der Waals surface area contributed by atoms with Crippen LogP contribution in [-0.4, -0.2) is 47.9 Å². The van der Waals surface area contributed by atoms with Gasteiger partial charge in [0.1, 0.15) is 5.76 Å². The van der Waals surface area contributed by atoms with E-state index in [-0.39, 0.29) is 30.7 Å². The Hall–Kier alpha value is -3.16. The topological polar surface area (TPSA) is 105 Å². The molecule has 0 unspecified atom stereocenters. The maximum absolute atomic E-state index is 12.2. The molecule has 138 valence electrons. The summed E-state index contributed by atoms with van der Waals surface area (Å²) in [6.07, 6.45) is 0. The van der Waals surface area contributed by atoms with E-state index in [4.69, 9.17) is 4.52 Å². The normalized spacial score (nSPS) is 10.3. The van der Waals surface area contributed by atoms with Crippen molar-refractivity contribution in [2.75, 3.05) is 25.5 Å². The number of hydrogen-bond acceptors (Lipinski definition) is 5. The van der Waals surface area contributed by atoms with Gasteiger partial charge in [0.15, 0.2) is 5.82 Å². The summed E-state index contributed by atoms with van der Waals surface area (Å²) in [5.41, 5.74) is 2.44. The number of nitrogens with one attached hydrogen (secondary N) is 2. The van der Waals surface area contributed by atoms with Gasteiger partial charge in [-0.05, 0) is 32.9 Å². The molecule has 3 amide bonds. The molecule has 1 aromatic carbocycles. The van der Waals surface area contributed by atoms with Gasteiger partial charge >= 0.3 is 0 Å². The van der Waals surface area contributed by atoms with Gasteiger partial charge in [-0.2, -0.15) is 0 Å². The van der Waals surface area contributed by atoms with E-state index in [2.05, 4.69) is 15.8 Å². The molecule has 0 atom stereocenters. The Morgan fingerprint density at radius 3 is 2.31 bits per heavy atom. The summed E-state index contributed by atoms with van der Waals surface area (Å²) in [4.78, 5) is 37.4. The van der Waals surface area contributed by atoms with Crippen LogP contribution < -0.4 is 10.6 Å². The smallest absolute Gasteiger partial charge is 0.251 e. The number of aromatic nitrogens is 1. The first kappa shape index (κ1) is 19.2. The molecule has 0 aliphatic carbocycles. The number of benzene rings is 1. The van der Waals surface area contributed by atoms with Crippen LogP contribution in [0.15, 0.2) is 28.8 Å². The molecule has 0 fully saturated rings. The van der Waals surface area contributed by atoms with Crippen molar-refractivity contribution in [2.24, 2.45) is 0 Å². The first-order valence-corrected chi connectivity index (χ1v) is 8.08. The number of aryl methyl sites for hydroxylation is 3. The summed E-state index contributed by atoms with van der Waals surface area (Å²) in [5.74, 6) is -0.264. The maximum atomic E-state index is 12.2.